The lowest BCUT2D eigenvalue weighted by Crippen LogP contribution is -2.37. The van der Waals surface area contributed by atoms with Crippen LogP contribution in [0.15, 0.2) is 28.7 Å². The molecule has 1 amide bonds. The van der Waals surface area contributed by atoms with Crippen LogP contribution in [-0.4, -0.2) is 43.0 Å². The Morgan fingerprint density at radius 3 is 2.58 bits per heavy atom. The number of amides is 1. The summed E-state index contributed by atoms with van der Waals surface area (Å²) in [5.41, 5.74) is 1.10. The Morgan fingerprint density at radius 1 is 1.15 bits per heavy atom. The Kier molecular flexibility index (Phi) is 8.08. The minimum atomic E-state index is -0.0392. The molecular formula is C19H27N3O4. The van der Waals surface area contributed by atoms with E-state index in [0.29, 0.717) is 37.7 Å². The number of benzene rings is 1. The van der Waals surface area contributed by atoms with Gasteiger partial charge in [0.05, 0.1) is 19.8 Å². The molecule has 1 atom stereocenters. The summed E-state index contributed by atoms with van der Waals surface area (Å²) in [4.78, 5) is 12.0. The summed E-state index contributed by atoms with van der Waals surface area (Å²) < 4.78 is 16.1. The SMILES string of the molecule is CCC(COC)NC(=O)CCc1nnc(CCc2ccccc2OC)o1. The van der Waals surface area contributed by atoms with Crippen molar-refractivity contribution < 1.29 is 18.7 Å². The van der Waals surface area contributed by atoms with Crippen molar-refractivity contribution in [3.8, 4) is 5.75 Å². The van der Waals surface area contributed by atoms with Crippen molar-refractivity contribution in [1.82, 2.24) is 15.5 Å². The molecule has 142 valence electrons. The van der Waals surface area contributed by atoms with Crippen molar-refractivity contribution >= 4 is 5.91 Å². The van der Waals surface area contributed by atoms with E-state index in [-0.39, 0.29) is 11.9 Å². The normalized spacial score (nSPS) is 12.0. The molecule has 0 spiro atoms. The molecule has 7 heteroatoms. The van der Waals surface area contributed by atoms with Crippen LogP contribution < -0.4 is 10.1 Å². The van der Waals surface area contributed by atoms with E-state index in [4.69, 9.17) is 13.9 Å². The van der Waals surface area contributed by atoms with Crippen molar-refractivity contribution in [2.24, 2.45) is 0 Å². The van der Waals surface area contributed by atoms with Gasteiger partial charge in [0.15, 0.2) is 0 Å². The van der Waals surface area contributed by atoms with Crippen molar-refractivity contribution in [2.75, 3.05) is 20.8 Å². The molecule has 1 aromatic carbocycles. The number of ether oxygens (including phenoxy) is 2. The summed E-state index contributed by atoms with van der Waals surface area (Å²) in [7, 11) is 3.28. The van der Waals surface area contributed by atoms with Gasteiger partial charge < -0.3 is 19.2 Å². The molecule has 1 heterocycles. The standard InChI is InChI=1S/C19H27N3O4/c1-4-15(13-24-2)20-17(23)10-12-19-22-21-18(26-19)11-9-14-7-5-6-8-16(14)25-3/h5-8,15H,4,9-13H2,1-3H3,(H,20,23). The number of nitrogens with one attached hydrogen (secondary N) is 1. The minimum Gasteiger partial charge on any atom is -0.496 e. The van der Waals surface area contributed by atoms with E-state index in [1.54, 1.807) is 14.2 Å². The number of aryl methyl sites for hydroxylation is 3. The summed E-state index contributed by atoms with van der Waals surface area (Å²) in [5.74, 6) is 1.86. The first-order valence-corrected chi connectivity index (χ1v) is 8.87. The highest BCUT2D eigenvalue weighted by Crippen LogP contribution is 2.19. The van der Waals surface area contributed by atoms with Gasteiger partial charge in [-0.1, -0.05) is 25.1 Å². The lowest BCUT2D eigenvalue weighted by Gasteiger charge is -2.15. The zero-order valence-electron chi connectivity index (χ0n) is 15.7. The van der Waals surface area contributed by atoms with E-state index in [1.165, 1.54) is 0 Å². The Hall–Kier alpha value is -2.41. The van der Waals surface area contributed by atoms with Crippen LogP contribution in [0, 0.1) is 0 Å². The van der Waals surface area contributed by atoms with Gasteiger partial charge in [-0.15, -0.1) is 10.2 Å². The van der Waals surface area contributed by atoms with Crippen molar-refractivity contribution in [3.63, 3.8) is 0 Å². The molecule has 1 aromatic heterocycles. The molecule has 7 nitrogen and oxygen atoms in total. The van der Waals surface area contributed by atoms with Gasteiger partial charge in [0, 0.05) is 26.4 Å². The number of hydrogen-bond donors (Lipinski definition) is 1. The number of nitrogens with zero attached hydrogens (tertiary/aromatic N) is 2. The van der Waals surface area contributed by atoms with E-state index in [2.05, 4.69) is 15.5 Å². The summed E-state index contributed by atoms with van der Waals surface area (Å²) in [6, 6.07) is 7.90. The zero-order valence-corrected chi connectivity index (χ0v) is 15.7. The van der Waals surface area contributed by atoms with Gasteiger partial charge in [-0.05, 0) is 24.5 Å². The molecule has 0 fully saturated rings. The predicted octanol–water partition coefficient (Wildman–Crippen LogP) is 2.34. The fraction of sp³-hybridized carbons (Fsp3) is 0.526. The molecule has 0 radical (unpaired) electrons. The highest BCUT2D eigenvalue weighted by atomic mass is 16.5. The van der Waals surface area contributed by atoms with E-state index in [0.717, 1.165) is 24.2 Å². The summed E-state index contributed by atoms with van der Waals surface area (Å²) in [6.45, 7) is 2.52. The first kappa shape index (κ1) is 19.9. The Balaban J connectivity index is 1.79. The van der Waals surface area contributed by atoms with E-state index in [1.807, 2.05) is 31.2 Å². The van der Waals surface area contributed by atoms with Crippen LogP contribution in [0.5, 0.6) is 5.75 Å². The molecule has 2 rings (SSSR count). The largest absolute Gasteiger partial charge is 0.496 e. The number of carbonyl (C=O) groups is 1. The quantitative estimate of drug-likeness (QED) is 0.661. The van der Waals surface area contributed by atoms with Crippen molar-refractivity contribution in [2.45, 2.75) is 45.1 Å². The second kappa shape index (κ2) is 10.6. The average molecular weight is 361 g/mol. The van der Waals surface area contributed by atoms with Gasteiger partial charge in [-0.2, -0.15) is 0 Å². The van der Waals surface area contributed by atoms with E-state index in [9.17, 15) is 4.79 Å². The summed E-state index contributed by atoms with van der Waals surface area (Å²) in [6.07, 6.45) is 2.95. The molecule has 1 unspecified atom stereocenters. The number of hydrogen-bond acceptors (Lipinski definition) is 6. The first-order valence-electron chi connectivity index (χ1n) is 8.87. The average Bonchev–Trinajstić information content (AvgIpc) is 3.12. The van der Waals surface area contributed by atoms with Crippen LogP contribution in [0.2, 0.25) is 0 Å². The van der Waals surface area contributed by atoms with E-state index >= 15 is 0 Å². The van der Waals surface area contributed by atoms with Gasteiger partial charge in [-0.3, -0.25) is 4.79 Å². The molecular weight excluding hydrogens is 334 g/mol. The predicted molar refractivity (Wildman–Crippen MR) is 97.1 cm³/mol. The molecule has 0 saturated carbocycles. The van der Waals surface area contributed by atoms with Crippen molar-refractivity contribution in [3.05, 3.63) is 41.6 Å². The second-order valence-corrected chi connectivity index (χ2v) is 6.03. The number of para-hydroxylation sites is 1. The molecule has 0 aliphatic carbocycles. The third-order valence-corrected chi connectivity index (χ3v) is 4.10. The second-order valence-electron chi connectivity index (χ2n) is 6.03. The molecule has 0 bridgehead atoms. The number of aromatic nitrogens is 2. The topological polar surface area (TPSA) is 86.5 Å². The molecule has 0 aliphatic rings. The molecule has 26 heavy (non-hydrogen) atoms. The zero-order chi connectivity index (χ0) is 18.8. The van der Waals surface area contributed by atoms with Gasteiger partial charge in [0.2, 0.25) is 17.7 Å². The van der Waals surface area contributed by atoms with Gasteiger partial charge in [0.25, 0.3) is 0 Å². The third-order valence-electron chi connectivity index (χ3n) is 4.10. The van der Waals surface area contributed by atoms with Crippen LogP contribution in [0.4, 0.5) is 0 Å². The molecule has 2 aromatic rings. The Morgan fingerprint density at radius 2 is 1.88 bits per heavy atom. The maximum absolute atomic E-state index is 12.0. The molecule has 0 aliphatic heterocycles. The number of methoxy groups -OCH3 is 2. The van der Waals surface area contributed by atoms with Gasteiger partial charge >= 0.3 is 0 Å². The van der Waals surface area contributed by atoms with Crippen molar-refractivity contribution in [1.29, 1.82) is 0 Å². The van der Waals surface area contributed by atoms with Crippen LogP contribution in [0.25, 0.3) is 0 Å². The Bertz CT molecular complexity index is 687. The van der Waals surface area contributed by atoms with Gasteiger partial charge in [0.1, 0.15) is 5.75 Å². The van der Waals surface area contributed by atoms with Crippen LogP contribution in [0.1, 0.15) is 37.1 Å². The maximum Gasteiger partial charge on any atom is 0.220 e. The lowest BCUT2D eigenvalue weighted by molar-refractivity contribution is -0.122. The lowest BCUT2D eigenvalue weighted by atomic mass is 10.1. The highest BCUT2D eigenvalue weighted by Gasteiger charge is 2.13. The fourth-order valence-corrected chi connectivity index (χ4v) is 2.62. The molecule has 0 saturated heterocycles. The smallest absolute Gasteiger partial charge is 0.220 e. The van der Waals surface area contributed by atoms with Crippen LogP contribution >= 0.6 is 0 Å². The van der Waals surface area contributed by atoms with E-state index < -0.39 is 0 Å². The third kappa shape index (κ3) is 6.15. The summed E-state index contributed by atoms with van der Waals surface area (Å²) >= 11 is 0. The molecule has 1 N–H and O–H groups in total. The van der Waals surface area contributed by atoms with Crippen LogP contribution in [-0.2, 0) is 28.8 Å². The maximum atomic E-state index is 12.0. The number of rotatable bonds is 11. The van der Waals surface area contributed by atoms with Gasteiger partial charge in [-0.25, -0.2) is 0 Å². The number of carbonyl (C=O) groups excluding carboxylic acids is 1. The first-order chi connectivity index (χ1) is 12.7. The summed E-state index contributed by atoms with van der Waals surface area (Å²) in [5, 5.41) is 11.0. The monoisotopic (exact) mass is 361 g/mol. The Labute approximate surface area is 154 Å². The minimum absolute atomic E-state index is 0.0339. The fourth-order valence-electron chi connectivity index (χ4n) is 2.62. The highest BCUT2D eigenvalue weighted by molar-refractivity contribution is 5.76. The van der Waals surface area contributed by atoms with Crippen LogP contribution in [0.3, 0.4) is 0 Å².